The highest BCUT2D eigenvalue weighted by Gasteiger charge is 2.13. The van der Waals surface area contributed by atoms with Crippen molar-refractivity contribution in [1.29, 1.82) is 0 Å². The second-order valence-electron chi connectivity index (χ2n) is 6.75. The number of carbonyl (C=O) groups excluding carboxylic acids is 3. The van der Waals surface area contributed by atoms with E-state index < -0.39 is 17.5 Å². The lowest BCUT2D eigenvalue weighted by molar-refractivity contribution is -0.119. The maximum atomic E-state index is 13.6. The molecule has 3 rings (SSSR count). The average Bonchev–Trinajstić information content (AvgIpc) is 3.39. The van der Waals surface area contributed by atoms with E-state index in [1.54, 1.807) is 17.5 Å². The van der Waals surface area contributed by atoms with E-state index in [1.165, 1.54) is 18.3 Å². The highest BCUT2D eigenvalue weighted by Crippen LogP contribution is 2.26. The lowest BCUT2D eigenvalue weighted by Gasteiger charge is -2.06. The molecule has 0 bridgehead atoms. The topological polar surface area (TPSA) is 113 Å². The van der Waals surface area contributed by atoms with Gasteiger partial charge in [-0.3, -0.25) is 14.4 Å². The number of carbonyl (C=O) groups is 3. The van der Waals surface area contributed by atoms with Gasteiger partial charge in [0.05, 0.1) is 12.1 Å². The standard InChI is InChI=1S/C21H20F2N4O4S/c1-12(28)25-10-14-5-7-18(31-14)17-11-32-21(26-17)27-19(29)3-2-8-24-20(30)15-6-4-13(22)9-16(15)23/h4-7,9,11H,2-3,8,10H2,1H3,(H,24,30)(H,25,28)(H,26,27,29). The maximum Gasteiger partial charge on any atom is 0.254 e. The van der Waals surface area contributed by atoms with Crippen LogP contribution in [0.1, 0.15) is 35.9 Å². The van der Waals surface area contributed by atoms with Crippen LogP contribution >= 0.6 is 11.3 Å². The van der Waals surface area contributed by atoms with Gasteiger partial charge in [-0.25, -0.2) is 13.8 Å². The molecule has 168 valence electrons. The van der Waals surface area contributed by atoms with Gasteiger partial charge in [0.15, 0.2) is 10.9 Å². The molecule has 3 N–H and O–H groups in total. The molecule has 0 unspecified atom stereocenters. The lowest BCUT2D eigenvalue weighted by atomic mass is 10.2. The first-order valence-electron chi connectivity index (χ1n) is 9.64. The average molecular weight is 462 g/mol. The Balaban J connectivity index is 1.42. The van der Waals surface area contributed by atoms with Gasteiger partial charge in [-0.05, 0) is 30.7 Å². The minimum atomic E-state index is -0.946. The van der Waals surface area contributed by atoms with Gasteiger partial charge < -0.3 is 20.4 Å². The number of hydrogen-bond acceptors (Lipinski definition) is 6. The van der Waals surface area contributed by atoms with Crippen LogP contribution < -0.4 is 16.0 Å². The fourth-order valence-electron chi connectivity index (χ4n) is 2.67. The van der Waals surface area contributed by atoms with E-state index in [0.29, 0.717) is 34.8 Å². The Morgan fingerprint density at radius 2 is 1.94 bits per heavy atom. The summed E-state index contributed by atoms with van der Waals surface area (Å²) in [5, 5.41) is 9.92. The van der Waals surface area contributed by atoms with Crippen LogP contribution in [0.2, 0.25) is 0 Å². The third kappa shape index (κ3) is 6.45. The van der Waals surface area contributed by atoms with E-state index >= 15 is 0 Å². The molecule has 0 spiro atoms. The summed E-state index contributed by atoms with van der Waals surface area (Å²) in [5.41, 5.74) is 0.289. The number of rotatable bonds is 9. The molecular formula is C21H20F2N4O4S. The highest BCUT2D eigenvalue weighted by atomic mass is 32.1. The number of benzene rings is 1. The quantitative estimate of drug-likeness (QED) is 0.422. The van der Waals surface area contributed by atoms with Crippen LogP contribution in [0.3, 0.4) is 0 Å². The molecule has 0 saturated heterocycles. The molecular weight excluding hydrogens is 442 g/mol. The van der Waals surface area contributed by atoms with E-state index in [1.807, 2.05) is 0 Å². The van der Waals surface area contributed by atoms with Crippen molar-refractivity contribution >= 4 is 34.2 Å². The van der Waals surface area contributed by atoms with Crippen molar-refractivity contribution in [2.24, 2.45) is 0 Å². The van der Waals surface area contributed by atoms with E-state index in [9.17, 15) is 23.2 Å². The van der Waals surface area contributed by atoms with Gasteiger partial charge in [0, 0.05) is 31.3 Å². The van der Waals surface area contributed by atoms with E-state index in [2.05, 4.69) is 20.9 Å². The van der Waals surface area contributed by atoms with Crippen LogP contribution in [-0.2, 0) is 16.1 Å². The SMILES string of the molecule is CC(=O)NCc1ccc(-c2csc(NC(=O)CCCNC(=O)c3ccc(F)cc3F)n2)o1. The predicted molar refractivity (Wildman–Crippen MR) is 114 cm³/mol. The first kappa shape index (κ1) is 23.1. The van der Waals surface area contributed by atoms with Gasteiger partial charge in [0.1, 0.15) is 23.1 Å². The van der Waals surface area contributed by atoms with Crippen LogP contribution in [0.5, 0.6) is 0 Å². The zero-order chi connectivity index (χ0) is 23.1. The summed E-state index contributed by atoms with van der Waals surface area (Å²) in [5.74, 6) is -1.75. The van der Waals surface area contributed by atoms with Crippen molar-refractivity contribution in [3.05, 3.63) is 58.7 Å². The molecule has 3 aromatic rings. The Morgan fingerprint density at radius 1 is 1.12 bits per heavy atom. The minimum Gasteiger partial charge on any atom is -0.458 e. The predicted octanol–water partition coefficient (Wildman–Crippen LogP) is 3.47. The van der Waals surface area contributed by atoms with Crippen LogP contribution in [-0.4, -0.2) is 29.3 Å². The normalized spacial score (nSPS) is 10.6. The van der Waals surface area contributed by atoms with Gasteiger partial charge in [0.25, 0.3) is 5.91 Å². The van der Waals surface area contributed by atoms with Crippen molar-refractivity contribution in [2.75, 3.05) is 11.9 Å². The molecule has 0 fully saturated rings. The van der Waals surface area contributed by atoms with Crippen molar-refractivity contribution in [2.45, 2.75) is 26.3 Å². The molecule has 0 aliphatic rings. The molecule has 32 heavy (non-hydrogen) atoms. The molecule has 2 aromatic heterocycles. The number of amides is 3. The lowest BCUT2D eigenvalue weighted by Crippen LogP contribution is -2.26. The monoisotopic (exact) mass is 462 g/mol. The van der Waals surface area contributed by atoms with Crippen molar-refractivity contribution < 1.29 is 27.6 Å². The zero-order valence-electron chi connectivity index (χ0n) is 17.0. The molecule has 0 atom stereocenters. The molecule has 3 amide bonds. The summed E-state index contributed by atoms with van der Waals surface area (Å²) < 4.78 is 32.1. The Morgan fingerprint density at radius 3 is 2.69 bits per heavy atom. The summed E-state index contributed by atoms with van der Waals surface area (Å²) in [7, 11) is 0. The van der Waals surface area contributed by atoms with Crippen LogP contribution in [0.25, 0.3) is 11.5 Å². The minimum absolute atomic E-state index is 0.114. The van der Waals surface area contributed by atoms with E-state index in [4.69, 9.17) is 4.42 Å². The van der Waals surface area contributed by atoms with E-state index in [0.717, 1.165) is 12.1 Å². The molecule has 0 aliphatic carbocycles. The summed E-state index contributed by atoms with van der Waals surface area (Å²) >= 11 is 1.23. The van der Waals surface area contributed by atoms with Gasteiger partial charge in [-0.2, -0.15) is 0 Å². The van der Waals surface area contributed by atoms with Crippen LogP contribution in [0.15, 0.2) is 40.1 Å². The van der Waals surface area contributed by atoms with Gasteiger partial charge >= 0.3 is 0 Å². The molecule has 11 heteroatoms. The number of nitrogens with one attached hydrogen (secondary N) is 3. The molecule has 2 heterocycles. The summed E-state index contributed by atoms with van der Waals surface area (Å²) in [6.45, 7) is 1.83. The first-order chi connectivity index (χ1) is 15.3. The third-order valence-electron chi connectivity index (χ3n) is 4.22. The largest absolute Gasteiger partial charge is 0.458 e. The second kappa shape index (κ2) is 10.6. The zero-order valence-corrected chi connectivity index (χ0v) is 17.9. The van der Waals surface area contributed by atoms with Crippen molar-refractivity contribution in [1.82, 2.24) is 15.6 Å². The smallest absolute Gasteiger partial charge is 0.254 e. The molecule has 0 radical (unpaired) electrons. The number of halogens is 2. The summed E-state index contributed by atoms with van der Waals surface area (Å²) in [6.07, 6.45) is 0.437. The molecule has 8 nitrogen and oxygen atoms in total. The number of thiazole rings is 1. The van der Waals surface area contributed by atoms with Crippen molar-refractivity contribution in [3.63, 3.8) is 0 Å². The number of aromatic nitrogens is 1. The Bertz CT molecular complexity index is 1130. The fourth-order valence-corrected chi connectivity index (χ4v) is 3.38. The third-order valence-corrected chi connectivity index (χ3v) is 4.98. The maximum absolute atomic E-state index is 13.6. The summed E-state index contributed by atoms with van der Waals surface area (Å²) in [4.78, 5) is 39.3. The van der Waals surface area contributed by atoms with Gasteiger partial charge in [-0.15, -0.1) is 11.3 Å². The number of hydrogen-bond donors (Lipinski definition) is 3. The number of anilines is 1. The second-order valence-corrected chi connectivity index (χ2v) is 7.60. The van der Waals surface area contributed by atoms with Crippen LogP contribution in [0, 0.1) is 11.6 Å². The molecule has 1 aromatic carbocycles. The molecule has 0 aliphatic heterocycles. The van der Waals surface area contributed by atoms with E-state index in [-0.39, 0.29) is 36.9 Å². The van der Waals surface area contributed by atoms with Gasteiger partial charge in [0.2, 0.25) is 11.8 Å². The van der Waals surface area contributed by atoms with Gasteiger partial charge in [-0.1, -0.05) is 0 Å². The Hall–Kier alpha value is -3.60. The summed E-state index contributed by atoms with van der Waals surface area (Å²) in [6, 6.07) is 6.16. The number of nitrogens with zero attached hydrogens (tertiary/aromatic N) is 1. The fraction of sp³-hybridized carbons (Fsp3) is 0.238. The number of furan rings is 1. The molecule has 0 saturated carbocycles. The van der Waals surface area contributed by atoms with Crippen molar-refractivity contribution in [3.8, 4) is 11.5 Å². The highest BCUT2D eigenvalue weighted by molar-refractivity contribution is 7.14. The van der Waals surface area contributed by atoms with Crippen LogP contribution in [0.4, 0.5) is 13.9 Å². The first-order valence-corrected chi connectivity index (χ1v) is 10.5. The Labute approximate surface area is 186 Å². The Kier molecular flexibility index (Phi) is 7.66.